The smallest absolute Gasteiger partial charge is 0.338 e. The first-order valence-electron chi connectivity index (χ1n) is 5.29. The fraction of sp³-hybridized carbons (Fsp3) is 0.545. The number of carbonyl (C=O) groups excluding carboxylic acids is 2. The van der Waals surface area contributed by atoms with E-state index in [0.29, 0.717) is 19.6 Å². The molecule has 0 unspecified atom stereocenters. The zero-order valence-corrected chi connectivity index (χ0v) is 9.20. The van der Waals surface area contributed by atoms with Gasteiger partial charge in [0.15, 0.2) is 0 Å². The van der Waals surface area contributed by atoms with Crippen LogP contribution in [0.25, 0.3) is 0 Å². The molecule has 5 nitrogen and oxygen atoms in total. The predicted octanol–water partition coefficient (Wildman–Crippen LogP) is 0.676. The standard InChI is InChI=1S/C11H16N2O3/c1-2-5-10(14)16-9-8-13-7-4-3-6-12-11(13)15/h5H,1,3-4,6-9H2,(H,12,15). The van der Waals surface area contributed by atoms with Gasteiger partial charge in [-0.05, 0) is 12.8 Å². The molecule has 0 aromatic carbocycles. The number of carbonyl (C=O) groups is 2. The highest BCUT2D eigenvalue weighted by Crippen LogP contribution is 2.00. The topological polar surface area (TPSA) is 58.6 Å². The quantitative estimate of drug-likeness (QED) is 0.434. The summed E-state index contributed by atoms with van der Waals surface area (Å²) in [6.07, 6.45) is 3.09. The van der Waals surface area contributed by atoms with Gasteiger partial charge >= 0.3 is 12.0 Å². The Bertz CT molecular complexity index is 308. The highest BCUT2D eigenvalue weighted by Gasteiger charge is 2.15. The van der Waals surface area contributed by atoms with Crippen molar-refractivity contribution in [3.8, 4) is 0 Å². The molecule has 1 aliphatic rings. The summed E-state index contributed by atoms with van der Waals surface area (Å²) in [4.78, 5) is 24.0. The molecule has 16 heavy (non-hydrogen) atoms. The fourth-order valence-electron chi connectivity index (χ4n) is 1.43. The van der Waals surface area contributed by atoms with E-state index in [-0.39, 0.29) is 12.6 Å². The molecular formula is C11H16N2O3. The lowest BCUT2D eigenvalue weighted by Gasteiger charge is -2.19. The van der Waals surface area contributed by atoms with E-state index in [4.69, 9.17) is 4.74 Å². The Balaban J connectivity index is 2.27. The Hall–Kier alpha value is -1.74. The van der Waals surface area contributed by atoms with Crippen LogP contribution < -0.4 is 5.32 Å². The molecule has 0 atom stereocenters. The molecule has 1 fully saturated rings. The van der Waals surface area contributed by atoms with E-state index in [1.165, 1.54) is 0 Å². The average molecular weight is 224 g/mol. The van der Waals surface area contributed by atoms with E-state index in [9.17, 15) is 9.59 Å². The lowest BCUT2D eigenvalue weighted by molar-refractivity contribution is -0.138. The van der Waals surface area contributed by atoms with Crippen molar-refractivity contribution in [3.05, 3.63) is 18.4 Å². The summed E-state index contributed by atoms with van der Waals surface area (Å²) < 4.78 is 4.86. The van der Waals surface area contributed by atoms with Crippen LogP contribution in [0.2, 0.25) is 0 Å². The van der Waals surface area contributed by atoms with Crippen molar-refractivity contribution in [2.24, 2.45) is 0 Å². The lowest BCUT2D eigenvalue weighted by atomic mass is 10.3. The second-order valence-electron chi connectivity index (χ2n) is 3.44. The highest BCUT2D eigenvalue weighted by molar-refractivity contribution is 5.81. The van der Waals surface area contributed by atoms with Gasteiger partial charge in [0.1, 0.15) is 6.61 Å². The summed E-state index contributed by atoms with van der Waals surface area (Å²) >= 11 is 0. The number of rotatable bonds is 4. The molecule has 0 aliphatic carbocycles. The summed E-state index contributed by atoms with van der Waals surface area (Å²) in [5.74, 6) is -0.481. The number of ether oxygens (including phenoxy) is 1. The van der Waals surface area contributed by atoms with Gasteiger partial charge in [-0.3, -0.25) is 0 Å². The molecule has 1 rings (SSSR count). The van der Waals surface area contributed by atoms with Gasteiger partial charge in [-0.15, -0.1) is 5.73 Å². The molecule has 5 heteroatoms. The molecule has 1 heterocycles. The minimum atomic E-state index is -0.481. The van der Waals surface area contributed by atoms with Gasteiger partial charge in [-0.2, -0.15) is 0 Å². The molecule has 0 spiro atoms. The summed E-state index contributed by atoms with van der Waals surface area (Å²) in [6, 6.07) is -0.0900. The first kappa shape index (κ1) is 12.3. The maximum absolute atomic E-state index is 11.5. The maximum Gasteiger partial charge on any atom is 0.338 e. The van der Waals surface area contributed by atoms with Crippen molar-refractivity contribution in [3.63, 3.8) is 0 Å². The second-order valence-corrected chi connectivity index (χ2v) is 3.44. The Labute approximate surface area is 94.7 Å². The predicted molar refractivity (Wildman–Crippen MR) is 58.9 cm³/mol. The minimum Gasteiger partial charge on any atom is -0.460 e. The number of nitrogens with zero attached hydrogens (tertiary/aromatic N) is 1. The van der Waals surface area contributed by atoms with E-state index >= 15 is 0 Å². The van der Waals surface area contributed by atoms with E-state index in [0.717, 1.165) is 18.9 Å². The molecule has 2 amide bonds. The van der Waals surface area contributed by atoms with Gasteiger partial charge in [-0.25, -0.2) is 9.59 Å². The SMILES string of the molecule is C=C=CC(=O)OCCN1CCCCNC1=O. The van der Waals surface area contributed by atoms with Crippen molar-refractivity contribution in [2.75, 3.05) is 26.2 Å². The molecule has 0 bridgehead atoms. The lowest BCUT2D eigenvalue weighted by Crippen LogP contribution is -2.40. The molecule has 1 aliphatic heterocycles. The van der Waals surface area contributed by atoms with E-state index < -0.39 is 5.97 Å². The van der Waals surface area contributed by atoms with Crippen LogP contribution in [0.4, 0.5) is 4.79 Å². The van der Waals surface area contributed by atoms with Gasteiger partial charge in [0.25, 0.3) is 0 Å². The van der Waals surface area contributed by atoms with Gasteiger partial charge < -0.3 is 15.0 Å². The Morgan fingerprint density at radius 2 is 2.44 bits per heavy atom. The molecular weight excluding hydrogens is 208 g/mol. The van der Waals surface area contributed by atoms with Gasteiger partial charge in [0.2, 0.25) is 0 Å². The summed E-state index contributed by atoms with van der Waals surface area (Å²) in [5, 5.41) is 2.77. The van der Waals surface area contributed by atoms with Crippen LogP contribution in [0.5, 0.6) is 0 Å². The molecule has 0 aromatic rings. The molecule has 0 aromatic heterocycles. The third-order valence-electron chi connectivity index (χ3n) is 2.24. The van der Waals surface area contributed by atoms with Crippen LogP contribution in [0, 0.1) is 0 Å². The fourth-order valence-corrected chi connectivity index (χ4v) is 1.43. The third kappa shape index (κ3) is 4.19. The van der Waals surface area contributed by atoms with Crippen LogP contribution in [0.1, 0.15) is 12.8 Å². The van der Waals surface area contributed by atoms with Crippen LogP contribution in [-0.2, 0) is 9.53 Å². The van der Waals surface area contributed by atoms with Gasteiger partial charge in [-0.1, -0.05) is 6.58 Å². The van der Waals surface area contributed by atoms with Crippen molar-refractivity contribution >= 4 is 12.0 Å². The molecule has 1 saturated heterocycles. The molecule has 88 valence electrons. The van der Waals surface area contributed by atoms with Crippen LogP contribution in [0.15, 0.2) is 18.4 Å². The number of esters is 1. The van der Waals surface area contributed by atoms with Crippen LogP contribution in [0.3, 0.4) is 0 Å². The third-order valence-corrected chi connectivity index (χ3v) is 2.24. The van der Waals surface area contributed by atoms with Gasteiger partial charge in [0.05, 0.1) is 12.6 Å². The number of nitrogens with one attached hydrogen (secondary N) is 1. The zero-order valence-electron chi connectivity index (χ0n) is 9.20. The van der Waals surface area contributed by atoms with Crippen LogP contribution in [-0.4, -0.2) is 43.1 Å². The summed E-state index contributed by atoms with van der Waals surface area (Å²) in [6.45, 7) is 5.31. The van der Waals surface area contributed by atoms with Gasteiger partial charge in [0, 0.05) is 13.1 Å². The highest BCUT2D eigenvalue weighted by atomic mass is 16.5. The number of urea groups is 1. The molecule has 1 N–H and O–H groups in total. The van der Waals surface area contributed by atoms with Crippen molar-refractivity contribution in [1.29, 1.82) is 0 Å². The summed E-state index contributed by atoms with van der Waals surface area (Å²) in [5.41, 5.74) is 2.33. The van der Waals surface area contributed by atoms with E-state index in [2.05, 4.69) is 17.6 Å². The van der Waals surface area contributed by atoms with E-state index in [1.807, 2.05) is 0 Å². The monoisotopic (exact) mass is 224 g/mol. The van der Waals surface area contributed by atoms with E-state index in [1.54, 1.807) is 4.90 Å². The largest absolute Gasteiger partial charge is 0.460 e. The maximum atomic E-state index is 11.5. The minimum absolute atomic E-state index is 0.0900. The Morgan fingerprint density at radius 1 is 1.62 bits per heavy atom. The molecule has 0 saturated carbocycles. The number of hydrogen-bond donors (Lipinski definition) is 1. The first-order chi connectivity index (χ1) is 7.74. The normalized spacial score (nSPS) is 15.8. The number of amides is 2. The van der Waals surface area contributed by atoms with Crippen LogP contribution >= 0.6 is 0 Å². The van der Waals surface area contributed by atoms with Crippen molar-refractivity contribution in [1.82, 2.24) is 10.2 Å². The first-order valence-corrected chi connectivity index (χ1v) is 5.29. The van der Waals surface area contributed by atoms with Crippen molar-refractivity contribution in [2.45, 2.75) is 12.8 Å². The second kappa shape index (κ2) is 6.69. The Morgan fingerprint density at radius 3 is 3.19 bits per heavy atom. The van der Waals surface area contributed by atoms with Crippen molar-refractivity contribution < 1.29 is 14.3 Å². The zero-order chi connectivity index (χ0) is 11.8. The Kier molecular flexibility index (Phi) is 5.16. The number of hydrogen-bond acceptors (Lipinski definition) is 3. The molecule has 0 radical (unpaired) electrons. The average Bonchev–Trinajstić information content (AvgIpc) is 2.45. The summed E-state index contributed by atoms with van der Waals surface area (Å²) in [7, 11) is 0.